The lowest BCUT2D eigenvalue weighted by atomic mass is 10.0. The highest BCUT2D eigenvalue weighted by Crippen LogP contribution is 2.17. The molecule has 2 aromatic rings. The first-order valence-corrected chi connectivity index (χ1v) is 8.31. The van der Waals surface area contributed by atoms with Gasteiger partial charge in [0, 0.05) is 6.54 Å². The van der Waals surface area contributed by atoms with Crippen LogP contribution in [-0.2, 0) is 17.4 Å². The zero-order valence-electron chi connectivity index (χ0n) is 13.0. The van der Waals surface area contributed by atoms with Gasteiger partial charge in [0.25, 0.3) is 0 Å². The molecule has 1 atom stereocenters. The van der Waals surface area contributed by atoms with Crippen LogP contribution in [0.5, 0.6) is 0 Å². The average Bonchev–Trinajstić information content (AvgIpc) is 2.43. The fourth-order valence-corrected chi connectivity index (χ4v) is 2.85. The second-order valence-corrected chi connectivity index (χ2v) is 8.36. The predicted octanol–water partition coefficient (Wildman–Crippen LogP) is 3.99. The van der Waals surface area contributed by atoms with E-state index in [4.69, 9.17) is 0 Å². The SMILES string of the molecule is C=C(CN[S@](=O)C(C)(C)C)Cc1ccc2ccccc2c1. The summed E-state index contributed by atoms with van der Waals surface area (Å²) in [5, 5.41) is 2.49. The molecule has 0 heterocycles. The van der Waals surface area contributed by atoms with Crippen LogP contribution in [0.2, 0.25) is 0 Å². The van der Waals surface area contributed by atoms with E-state index in [9.17, 15) is 4.21 Å². The van der Waals surface area contributed by atoms with Gasteiger partial charge in [-0.1, -0.05) is 54.6 Å². The van der Waals surface area contributed by atoms with Crippen LogP contribution >= 0.6 is 0 Å². The van der Waals surface area contributed by atoms with Gasteiger partial charge in [0.05, 0.1) is 15.7 Å². The topological polar surface area (TPSA) is 29.1 Å². The van der Waals surface area contributed by atoms with E-state index in [0.717, 1.165) is 12.0 Å². The number of rotatable bonds is 5. The van der Waals surface area contributed by atoms with Crippen molar-refractivity contribution in [1.82, 2.24) is 4.72 Å². The van der Waals surface area contributed by atoms with Gasteiger partial charge in [-0.05, 0) is 43.5 Å². The Morgan fingerprint density at radius 2 is 1.81 bits per heavy atom. The maximum atomic E-state index is 12.0. The van der Waals surface area contributed by atoms with Crippen LogP contribution in [0, 0.1) is 0 Å². The molecule has 3 heteroatoms. The predicted molar refractivity (Wildman–Crippen MR) is 92.7 cm³/mol. The Labute approximate surface area is 129 Å². The summed E-state index contributed by atoms with van der Waals surface area (Å²) in [5.41, 5.74) is 2.28. The number of benzene rings is 2. The molecule has 0 saturated carbocycles. The Morgan fingerprint density at radius 3 is 2.48 bits per heavy atom. The molecule has 0 radical (unpaired) electrons. The molecule has 112 valence electrons. The van der Waals surface area contributed by atoms with Crippen molar-refractivity contribution in [2.45, 2.75) is 31.9 Å². The molecule has 2 aromatic carbocycles. The molecule has 21 heavy (non-hydrogen) atoms. The van der Waals surface area contributed by atoms with Crippen molar-refractivity contribution in [1.29, 1.82) is 0 Å². The maximum absolute atomic E-state index is 12.0. The summed E-state index contributed by atoms with van der Waals surface area (Å²) < 4.78 is 14.8. The Balaban J connectivity index is 1.97. The van der Waals surface area contributed by atoms with Crippen molar-refractivity contribution in [3.63, 3.8) is 0 Å². The van der Waals surface area contributed by atoms with Crippen molar-refractivity contribution >= 4 is 21.8 Å². The second-order valence-electron chi connectivity index (χ2n) is 6.31. The van der Waals surface area contributed by atoms with Gasteiger partial charge in [-0.2, -0.15) is 0 Å². The van der Waals surface area contributed by atoms with Crippen LogP contribution < -0.4 is 4.72 Å². The highest BCUT2D eigenvalue weighted by molar-refractivity contribution is 7.84. The summed E-state index contributed by atoms with van der Waals surface area (Å²) in [6, 6.07) is 14.8. The van der Waals surface area contributed by atoms with E-state index in [1.54, 1.807) is 0 Å². The first-order chi connectivity index (χ1) is 9.86. The molecule has 1 N–H and O–H groups in total. The lowest BCUT2D eigenvalue weighted by Gasteiger charge is -2.18. The number of fused-ring (bicyclic) bond motifs is 1. The summed E-state index contributed by atoms with van der Waals surface area (Å²) in [4.78, 5) is 0. The van der Waals surface area contributed by atoms with E-state index < -0.39 is 11.0 Å². The van der Waals surface area contributed by atoms with Crippen LogP contribution in [0.25, 0.3) is 10.8 Å². The van der Waals surface area contributed by atoms with Gasteiger partial charge in [-0.25, -0.2) is 8.93 Å². The standard InChI is InChI=1S/C18H23NOS/c1-14(13-19-21(20)18(2,3)4)11-15-9-10-16-7-5-6-8-17(16)12-15/h5-10,12,19H,1,11,13H2,2-4H3/t21-/m1/s1. The highest BCUT2D eigenvalue weighted by atomic mass is 32.2. The second kappa shape index (κ2) is 6.54. The summed E-state index contributed by atoms with van der Waals surface area (Å²) in [5.74, 6) is 0. The Bertz CT molecular complexity index is 670. The monoisotopic (exact) mass is 301 g/mol. The Hall–Kier alpha value is -1.45. The average molecular weight is 301 g/mol. The van der Waals surface area contributed by atoms with Crippen molar-refractivity contribution < 1.29 is 4.21 Å². The summed E-state index contributed by atoms with van der Waals surface area (Å²) in [7, 11) is -1.05. The maximum Gasteiger partial charge on any atom is 0.0973 e. The summed E-state index contributed by atoms with van der Waals surface area (Å²) in [6.45, 7) is 10.5. The van der Waals surface area contributed by atoms with Crippen molar-refractivity contribution in [3.05, 3.63) is 60.2 Å². The molecular formula is C18H23NOS. The van der Waals surface area contributed by atoms with E-state index in [2.05, 4.69) is 47.7 Å². The Morgan fingerprint density at radius 1 is 1.14 bits per heavy atom. The third-order valence-corrected chi connectivity index (χ3v) is 4.80. The first kappa shape index (κ1) is 15.9. The van der Waals surface area contributed by atoms with Crippen molar-refractivity contribution in [2.24, 2.45) is 0 Å². The third-order valence-electron chi connectivity index (χ3n) is 3.28. The molecule has 0 aliphatic carbocycles. The van der Waals surface area contributed by atoms with Gasteiger partial charge in [0.1, 0.15) is 0 Å². The molecule has 0 aliphatic heterocycles. The minimum Gasteiger partial charge on any atom is -0.242 e. The van der Waals surface area contributed by atoms with Gasteiger partial charge in [-0.15, -0.1) is 0 Å². The zero-order valence-corrected chi connectivity index (χ0v) is 13.8. The van der Waals surface area contributed by atoms with E-state index in [-0.39, 0.29) is 4.75 Å². The third kappa shape index (κ3) is 4.51. The van der Waals surface area contributed by atoms with E-state index in [0.29, 0.717) is 6.54 Å². The molecule has 0 spiro atoms. The molecule has 0 amide bonds. The molecule has 2 nitrogen and oxygen atoms in total. The number of hydrogen-bond donors (Lipinski definition) is 1. The highest BCUT2D eigenvalue weighted by Gasteiger charge is 2.18. The number of nitrogens with one attached hydrogen (secondary N) is 1. The molecule has 0 fully saturated rings. The first-order valence-electron chi connectivity index (χ1n) is 7.16. The molecule has 0 aromatic heterocycles. The molecule has 0 unspecified atom stereocenters. The van der Waals surface area contributed by atoms with Crippen LogP contribution in [0.1, 0.15) is 26.3 Å². The van der Waals surface area contributed by atoms with Crippen molar-refractivity contribution in [2.75, 3.05) is 6.54 Å². The van der Waals surface area contributed by atoms with Crippen LogP contribution in [-0.4, -0.2) is 15.5 Å². The zero-order chi connectivity index (χ0) is 15.5. The van der Waals surface area contributed by atoms with Crippen LogP contribution in [0.3, 0.4) is 0 Å². The lowest BCUT2D eigenvalue weighted by Crippen LogP contribution is -2.34. The van der Waals surface area contributed by atoms with Crippen molar-refractivity contribution in [3.8, 4) is 0 Å². The van der Waals surface area contributed by atoms with Gasteiger partial charge < -0.3 is 0 Å². The quantitative estimate of drug-likeness (QED) is 0.831. The molecule has 0 saturated heterocycles. The lowest BCUT2D eigenvalue weighted by molar-refractivity contribution is 0.638. The minimum absolute atomic E-state index is 0.247. The normalized spacial score (nSPS) is 13.3. The fraction of sp³-hybridized carbons (Fsp3) is 0.333. The van der Waals surface area contributed by atoms with E-state index in [1.165, 1.54) is 16.3 Å². The Kier molecular flexibility index (Phi) is 4.96. The molecule has 0 bridgehead atoms. The van der Waals surface area contributed by atoms with Gasteiger partial charge in [0.2, 0.25) is 0 Å². The van der Waals surface area contributed by atoms with E-state index >= 15 is 0 Å². The smallest absolute Gasteiger partial charge is 0.0973 e. The minimum atomic E-state index is -1.05. The van der Waals surface area contributed by atoms with Crippen LogP contribution in [0.4, 0.5) is 0 Å². The van der Waals surface area contributed by atoms with Gasteiger partial charge in [-0.3, -0.25) is 0 Å². The van der Waals surface area contributed by atoms with E-state index in [1.807, 2.05) is 26.8 Å². The molecule has 0 aliphatic rings. The number of hydrogen-bond acceptors (Lipinski definition) is 1. The molecule has 2 rings (SSSR count). The summed E-state index contributed by atoms with van der Waals surface area (Å²) in [6.07, 6.45) is 0.805. The van der Waals surface area contributed by atoms with Gasteiger partial charge >= 0.3 is 0 Å². The van der Waals surface area contributed by atoms with Crippen LogP contribution in [0.15, 0.2) is 54.6 Å². The summed E-state index contributed by atoms with van der Waals surface area (Å²) >= 11 is 0. The van der Waals surface area contributed by atoms with Gasteiger partial charge in [0.15, 0.2) is 0 Å². The molecular weight excluding hydrogens is 278 g/mol. The fourth-order valence-electron chi connectivity index (χ4n) is 2.08. The largest absolute Gasteiger partial charge is 0.242 e.